The molecule has 0 radical (unpaired) electrons. The van der Waals surface area contributed by atoms with Gasteiger partial charge in [-0.1, -0.05) is 19.9 Å². The van der Waals surface area contributed by atoms with Gasteiger partial charge in [-0.15, -0.1) is 0 Å². The fraction of sp³-hybridized carbons (Fsp3) is 0.625. The maximum absolute atomic E-state index is 11.3. The van der Waals surface area contributed by atoms with Crippen molar-refractivity contribution in [3.05, 3.63) is 33.9 Å². The van der Waals surface area contributed by atoms with Crippen LogP contribution in [-0.2, 0) is 6.61 Å². The molecule has 5 nitrogen and oxygen atoms in total. The number of benzene rings is 1. The molecule has 21 heavy (non-hydrogen) atoms. The molecule has 0 aromatic heterocycles. The minimum Gasteiger partial charge on any atom is -0.392 e. The number of aliphatic hydroxyl groups is 1. The first-order valence-corrected chi connectivity index (χ1v) is 7.45. The number of rotatable bonds is 4. The summed E-state index contributed by atoms with van der Waals surface area (Å²) in [5, 5.41) is 20.4. The third-order valence-corrected chi connectivity index (χ3v) is 4.66. The molecule has 1 fully saturated rings. The van der Waals surface area contributed by atoms with Crippen LogP contribution in [-0.4, -0.2) is 23.1 Å². The summed E-state index contributed by atoms with van der Waals surface area (Å²) in [5.41, 5.74) is 1.67. The van der Waals surface area contributed by atoms with Gasteiger partial charge in [0.25, 0.3) is 5.69 Å². The number of hydrogen-bond donors (Lipinski definition) is 1. The molecule has 1 N–H and O–H groups in total. The highest BCUT2D eigenvalue weighted by molar-refractivity contribution is 5.64. The van der Waals surface area contributed by atoms with Gasteiger partial charge in [0.1, 0.15) is 5.69 Å². The van der Waals surface area contributed by atoms with E-state index in [1.165, 1.54) is 6.07 Å². The number of anilines is 1. The van der Waals surface area contributed by atoms with Gasteiger partial charge in [-0.05, 0) is 42.7 Å². The van der Waals surface area contributed by atoms with Crippen LogP contribution >= 0.6 is 0 Å². The maximum atomic E-state index is 11.3. The summed E-state index contributed by atoms with van der Waals surface area (Å²) < 4.78 is 0. The summed E-state index contributed by atoms with van der Waals surface area (Å²) in [6, 6.07) is 5.32. The molecule has 0 amide bonds. The Morgan fingerprint density at radius 2 is 2.00 bits per heavy atom. The first-order chi connectivity index (χ1) is 9.84. The Kier molecular flexibility index (Phi) is 4.52. The lowest BCUT2D eigenvalue weighted by molar-refractivity contribution is -0.384. The second-order valence-corrected chi connectivity index (χ2v) is 6.74. The Balaban J connectivity index is 2.23. The lowest BCUT2D eigenvalue weighted by Crippen LogP contribution is -2.37. The van der Waals surface area contributed by atoms with E-state index in [9.17, 15) is 10.1 Å². The van der Waals surface area contributed by atoms with Gasteiger partial charge in [-0.25, -0.2) is 0 Å². The van der Waals surface area contributed by atoms with Crippen LogP contribution in [0.1, 0.15) is 45.1 Å². The van der Waals surface area contributed by atoms with Gasteiger partial charge in [0.05, 0.1) is 11.5 Å². The van der Waals surface area contributed by atoms with E-state index in [-0.39, 0.29) is 17.2 Å². The predicted octanol–water partition coefficient (Wildman–Crippen LogP) is 3.49. The molecule has 1 aliphatic carbocycles. The van der Waals surface area contributed by atoms with Gasteiger partial charge in [-0.3, -0.25) is 10.1 Å². The largest absolute Gasteiger partial charge is 0.392 e. The first kappa shape index (κ1) is 15.8. The van der Waals surface area contributed by atoms with Crippen LogP contribution < -0.4 is 4.90 Å². The molecule has 0 spiro atoms. The highest BCUT2D eigenvalue weighted by Gasteiger charge is 2.31. The van der Waals surface area contributed by atoms with E-state index in [0.717, 1.165) is 25.7 Å². The molecule has 1 aromatic carbocycles. The SMILES string of the molecule is CN(c1ccc(CO)cc1[N+](=O)[O-])C1CCC(C)(C)CC1. The summed E-state index contributed by atoms with van der Waals surface area (Å²) in [4.78, 5) is 13.0. The zero-order chi connectivity index (χ0) is 15.6. The Bertz CT molecular complexity index is 518. The fourth-order valence-corrected chi connectivity index (χ4v) is 3.08. The number of nitrogens with zero attached hydrogens (tertiary/aromatic N) is 2. The third kappa shape index (κ3) is 3.53. The molecule has 0 bridgehead atoms. The Labute approximate surface area is 125 Å². The van der Waals surface area contributed by atoms with Crippen LogP contribution in [0.25, 0.3) is 0 Å². The van der Waals surface area contributed by atoms with E-state index in [4.69, 9.17) is 5.11 Å². The second kappa shape index (κ2) is 6.02. The van der Waals surface area contributed by atoms with E-state index >= 15 is 0 Å². The van der Waals surface area contributed by atoms with Gasteiger partial charge >= 0.3 is 0 Å². The molecule has 0 unspecified atom stereocenters. The van der Waals surface area contributed by atoms with Crippen LogP contribution in [0.3, 0.4) is 0 Å². The number of hydrogen-bond acceptors (Lipinski definition) is 4. The Morgan fingerprint density at radius 1 is 1.38 bits per heavy atom. The fourth-order valence-electron chi connectivity index (χ4n) is 3.08. The van der Waals surface area contributed by atoms with E-state index in [1.807, 2.05) is 11.9 Å². The molecule has 0 atom stereocenters. The first-order valence-electron chi connectivity index (χ1n) is 7.45. The standard InChI is InChI=1S/C16H24N2O3/c1-16(2)8-6-13(7-9-16)17(3)14-5-4-12(11-19)10-15(14)18(20)21/h4-5,10,13,19H,6-9,11H2,1-3H3. The Hall–Kier alpha value is -1.62. The summed E-state index contributed by atoms with van der Waals surface area (Å²) in [5.74, 6) is 0. The van der Waals surface area contributed by atoms with Crippen molar-refractivity contribution in [2.75, 3.05) is 11.9 Å². The average Bonchev–Trinajstić information content (AvgIpc) is 2.45. The highest BCUT2D eigenvalue weighted by atomic mass is 16.6. The van der Waals surface area contributed by atoms with Crippen molar-refractivity contribution >= 4 is 11.4 Å². The lowest BCUT2D eigenvalue weighted by atomic mass is 9.75. The van der Waals surface area contributed by atoms with Gasteiger partial charge in [0.15, 0.2) is 0 Å². The highest BCUT2D eigenvalue weighted by Crippen LogP contribution is 2.39. The lowest BCUT2D eigenvalue weighted by Gasteiger charge is -2.39. The van der Waals surface area contributed by atoms with Crippen molar-refractivity contribution in [2.45, 2.75) is 52.2 Å². The summed E-state index contributed by atoms with van der Waals surface area (Å²) in [7, 11) is 1.93. The monoisotopic (exact) mass is 292 g/mol. The molecule has 116 valence electrons. The Morgan fingerprint density at radius 3 is 2.52 bits per heavy atom. The minimum atomic E-state index is -0.363. The zero-order valence-electron chi connectivity index (χ0n) is 13.0. The molecule has 0 aliphatic heterocycles. The second-order valence-electron chi connectivity index (χ2n) is 6.74. The molecular weight excluding hydrogens is 268 g/mol. The smallest absolute Gasteiger partial charge is 0.292 e. The van der Waals surface area contributed by atoms with Crippen molar-refractivity contribution in [2.24, 2.45) is 5.41 Å². The molecule has 1 saturated carbocycles. The number of nitro groups is 1. The van der Waals surface area contributed by atoms with E-state index in [1.54, 1.807) is 12.1 Å². The van der Waals surface area contributed by atoms with Crippen molar-refractivity contribution < 1.29 is 10.0 Å². The zero-order valence-corrected chi connectivity index (χ0v) is 13.0. The predicted molar refractivity (Wildman–Crippen MR) is 83.5 cm³/mol. The molecule has 2 rings (SSSR count). The van der Waals surface area contributed by atoms with Gasteiger partial charge in [0, 0.05) is 19.2 Å². The van der Waals surface area contributed by atoms with Gasteiger partial charge in [0.2, 0.25) is 0 Å². The van der Waals surface area contributed by atoms with E-state index in [0.29, 0.717) is 22.7 Å². The molecular formula is C16H24N2O3. The average molecular weight is 292 g/mol. The van der Waals surface area contributed by atoms with Gasteiger partial charge < -0.3 is 10.0 Å². The topological polar surface area (TPSA) is 66.6 Å². The quantitative estimate of drug-likeness (QED) is 0.681. The van der Waals surface area contributed by atoms with Crippen LogP contribution in [0.5, 0.6) is 0 Å². The number of aliphatic hydroxyl groups excluding tert-OH is 1. The number of nitro benzene ring substituents is 1. The van der Waals surface area contributed by atoms with Crippen molar-refractivity contribution in [1.29, 1.82) is 0 Å². The molecule has 0 saturated heterocycles. The third-order valence-electron chi connectivity index (χ3n) is 4.66. The van der Waals surface area contributed by atoms with E-state index < -0.39 is 0 Å². The van der Waals surface area contributed by atoms with Gasteiger partial charge in [-0.2, -0.15) is 0 Å². The molecule has 5 heteroatoms. The van der Waals surface area contributed by atoms with Crippen molar-refractivity contribution in [1.82, 2.24) is 0 Å². The molecule has 0 heterocycles. The maximum Gasteiger partial charge on any atom is 0.292 e. The normalized spacial score (nSPS) is 18.5. The van der Waals surface area contributed by atoms with E-state index in [2.05, 4.69) is 13.8 Å². The summed E-state index contributed by atoms with van der Waals surface area (Å²) >= 11 is 0. The molecule has 1 aromatic rings. The summed E-state index contributed by atoms with van der Waals surface area (Å²) in [6.07, 6.45) is 4.40. The van der Waals surface area contributed by atoms with Crippen LogP contribution in [0, 0.1) is 15.5 Å². The minimum absolute atomic E-state index is 0.0777. The molecule has 1 aliphatic rings. The van der Waals surface area contributed by atoms with Crippen LogP contribution in [0.15, 0.2) is 18.2 Å². The van der Waals surface area contributed by atoms with Crippen molar-refractivity contribution in [3.8, 4) is 0 Å². The summed E-state index contributed by atoms with van der Waals surface area (Å²) in [6.45, 7) is 4.38. The van der Waals surface area contributed by atoms with Crippen molar-refractivity contribution in [3.63, 3.8) is 0 Å². The van der Waals surface area contributed by atoms with Crippen LogP contribution in [0.2, 0.25) is 0 Å². The van der Waals surface area contributed by atoms with Crippen LogP contribution in [0.4, 0.5) is 11.4 Å².